The number of fused-ring (bicyclic) bond motifs is 1. The lowest BCUT2D eigenvalue weighted by Crippen LogP contribution is -2.41. The molecular formula is C14H18BNO3. The molecule has 0 aliphatic carbocycles. The van der Waals surface area contributed by atoms with E-state index in [1.807, 2.05) is 26.0 Å². The van der Waals surface area contributed by atoms with E-state index in [-0.39, 0.29) is 5.78 Å². The van der Waals surface area contributed by atoms with Crippen LogP contribution in [0, 0.1) is 0 Å². The average Bonchev–Trinajstić information content (AvgIpc) is 2.37. The van der Waals surface area contributed by atoms with Crippen molar-refractivity contribution in [3.05, 3.63) is 36.4 Å². The van der Waals surface area contributed by atoms with Crippen LogP contribution in [0.2, 0.25) is 0 Å². The number of benzene rings is 1. The zero-order valence-corrected chi connectivity index (χ0v) is 11.3. The summed E-state index contributed by atoms with van der Waals surface area (Å²) < 4.78 is 5.53. The third-order valence-corrected chi connectivity index (χ3v) is 3.19. The molecule has 4 nitrogen and oxygen atoms in total. The van der Waals surface area contributed by atoms with Gasteiger partial charge >= 0.3 is 7.12 Å². The number of carbonyl (C=O) groups excluding carboxylic acids is 1. The van der Waals surface area contributed by atoms with Crippen LogP contribution >= 0.6 is 0 Å². The monoisotopic (exact) mass is 259 g/mol. The Morgan fingerprint density at radius 1 is 1.53 bits per heavy atom. The summed E-state index contributed by atoms with van der Waals surface area (Å²) in [5.74, 6) is 0.171. The first-order valence-corrected chi connectivity index (χ1v) is 6.29. The van der Waals surface area contributed by atoms with Crippen LogP contribution in [-0.4, -0.2) is 30.1 Å². The molecule has 0 saturated heterocycles. The lowest BCUT2D eigenvalue weighted by Gasteiger charge is -2.24. The summed E-state index contributed by atoms with van der Waals surface area (Å²) in [6.07, 6.45) is 2.09. The third kappa shape index (κ3) is 3.25. The molecule has 19 heavy (non-hydrogen) atoms. The number of Topliss-reactive ketones (excluding diaryl/α,β-unsaturated/α-hetero) is 1. The lowest BCUT2D eigenvalue weighted by atomic mass is 9.77. The van der Waals surface area contributed by atoms with Crippen LogP contribution in [0.3, 0.4) is 0 Å². The van der Waals surface area contributed by atoms with Crippen molar-refractivity contribution >= 4 is 24.1 Å². The van der Waals surface area contributed by atoms with Gasteiger partial charge in [0.2, 0.25) is 0 Å². The molecule has 0 fully saturated rings. The highest BCUT2D eigenvalue weighted by Crippen LogP contribution is 2.19. The minimum Gasteiger partial charge on any atom is -0.423 e. The number of carbonyl (C=O) groups is 1. The van der Waals surface area contributed by atoms with Gasteiger partial charge < -0.3 is 15.0 Å². The Kier molecular flexibility index (Phi) is 3.78. The van der Waals surface area contributed by atoms with Crippen LogP contribution in [0.25, 0.3) is 0 Å². The summed E-state index contributed by atoms with van der Waals surface area (Å²) in [6.45, 7) is 7.67. The largest absolute Gasteiger partial charge is 0.491 e. The molecule has 5 heteroatoms. The lowest BCUT2D eigenvalue weighted by molar-refractivity contribution is -0.117. The first kappa shape index (κ1) is 13.8. The Labute approximate surface area is 113 Å². The Bertz CT molecular complexity index is 513. The summed E-state index contributed by atoms with van der Waals surface area (Å²) in [7, 11) is -1.02. The highest BCUT2D eigenvalue weighted by molar-refractivity contribution is 6.60. The van der Waals surface area contributed by atoms with Gasteiger partial charge in [-0.15, -0.1) is 6.58 Å². The molecule has 1 aromatic rings. The highest BCUT2D eigenvalue weighted by Gasteiger charge is 2.26. The van der Waals surface area contributed by atoms with E-state index < -0.39 is 12.7 Å². The van der Waals surface area contributed by atoms with Crippen molar-refractivity contribution < 1.29 is 14.5 Å². The quantitative estimate of drug-likeness (QED) is 0.623. The van der Waals surface area contributed by atoms with E-state index in [2.05, 4.69) is 11.9 Å². The van der Waals surface area contributed by atoms with Gasteiger partial charge in [-0.2, -0.15) is 0 Å². The highest BCUT2D eigenvalue weighted by atomic mass is 16.5. The van der Waals surface area contributed by atoms with Gasteiger partial charge in [-0.05, 0) is 30.9 Å². The van der Waals surface area contributed by atoms with Gasteiger partial charge in [-0.25, -0.2) is 0 Å². The first-order valence-electron chi connectivity index (χ1n) is 6.29. The average molecular weight is 259 g/mol. The second kappa shape index (κ2) is 5.19. The number of hydrogen-bond acceptors (Lipinski definition) is 4. The van der Waals surface area contributed by atoms with E-state index >= 15 is 0 Å². The van der Waals surface area contributed by atoms with Gasteiger partial charge in [0.1, 0.15) is 0 Å². The second-order valence-corrected chi connectivity index (χ2v) is 5.26. The number of anilines is 1. The van der Waals surface area contributed by atoms with E-state index in [0.717, 1.165) is 11.3 Å². The smallest absolute Gasteiger partial charge is 0.423 e. The number of rotatable bonds is 4. The minimum atomic E-state index is -1.02. The molecule has 0 unspecified atom stereocenters. The molecule has 0 amide bonds. The van der Waals surface area contributed by atoms with Crippen LogP contribution in [-0.2, 0) is 15.9 Å². The van der Waals surface area contributed by atoms with Crippen LogP contribution in [0.15, 0.2) is 30.9 Å². The fourth-order valence-corrected chi connectivity index (χ4v) is 1.94. The molecule has 2 rings (SSSR count). The van der Waals surface area contributed by atoms with Gasteiger partial charge in [-0.3, -0.25) is 4.79 Å². The zero-order chi connectivity index (χ0) is 14.0. The second-order valence-electron chi connectivity index (χ2n) is 5.26. The van der Waals surface area contributed by atoms with E-state index in [0.29, 0.717) is 18.4 Å². The maximum absolute atomic E-state index is 11.3. The summed E-state index contributed by atoms with van der Waals surface area (Å²) >= 11 is 0. The fraction of sp³-hybridized carbons (Fsp3) is 0.357. The number of ketones is 1. The molecule has 0 saturated carbocycles. The van der Waals surface area contributed by atoms with E-state index in [4.69, 9.17) is 4.65 Å². The fourth-order valence-electron chi connectivity index (χ4n) is 1.94. The van der Waals surface area contributed by atoms with Crippen LogP contribution in [0.4, 0.5) is 5.69 Å². The molecular weight excluding hydrogens is 241 g/mol. The minimum absolute atomic E-state index is 0.171. The zero-order valence-electron chi connectivity index (χ0n) is 11.3. The Morgan fingerprint density at radius 3 is 2.95 bits per heavy atom. The van der Waals surface area contributed by atoms with Crippen LogP contribution < -0.4 is 10.8 Å². The Morgan fingerprint density at radius 2 is 2.26 bits per heavy atom. The van der Waals surface area contributed by atoms with Crippen LogP contribution in [0.5, 0.6) is 0 Å². The molecule has 1 aromatic carbocycles. The van der Waals surface area contributed by atoms with Crippen molar-refractivity contribution in [2.75, 3.05) is 11.9 Å². The topological polar surface area (TPSA) is 58.6 Å². The van der Waals surface area contributed by atoms with Crippen molar-refractivity contribution in [3.8, 4) is 0 Å². The Hall–Kier alpha value is -1.59. The van der Waals surface area contributed by atoms with Crippen molar-refractivity contribution in [2.24, 2.45) is 0 Å². The van der Waals surface area contributed by atoms with Gasteiger partial charge in [0.25, 0.3) is 0 Å². The summed E-state index contributed by atoms with van der Waals surface area (Å²) in [4.78, 5) is 11.3. The molecule has 2 N–H and O–H groups in total. The van der Waals surface area contributed by atoms with Crippen molar-refractivity contribution in [1.29, 1.82) is 0 Å². The summed E-state index contributed by atoms with van der Waals surface area (Å²) in [5, 5.41) is 13.1. The molecule has 0 spiro atoms. The summed E-state index contributed by atoms with van der Waals surface area (Å²) in [6, 6.07) is 5.46. The molecule has 1 heterocycles. The third-order valence-electron chi connectivity index (χ3n) is 3.19. The predicted octanol–water partition coefficient (Wildman–Crippen LogP) is 0.892. The standard InChI is InChI=1S/C14H18BNO3/c1-4-14(2,3)19-15(18)11-6-5-10-7-12(17)9-16-13(10)8-11/h4-6,8,16,18H,1,7,9H2,2-3H3. The first-order chi connectivity index (χ1) is 8.91. The van der Waals surface area contributed by atoms with E-state index in [9.17, 15) is 9.82 Å². The van der Waals surface area contributed by atoms with Crippen molar-refractivity contribution in [1.82, 2.24) is 0 Å². The normalized spacial score (nSPS) is 14.6. The molecule has 1 aliphatic heterocycles. The van der Waals surface area contributed by atoms with Gasteiger partial charge in [-0.1, -0.05) is 18.2 Å². The van der Waals surface area contributed by atoms with E-state index in [1.165, 1.54) is 0 Å². The maximum atomic E-state index is 11.3. The molecule has 1 aliphatic rings. The number of nitrogens with one attached hydrogen (secondary N) is 1. The number of hydrogen-bond donors (Lipinski definition) is 2. The summed E-state index contributed by atoms with van der Waals surface area (Å²) in [5.41, 5.74) is 1.90. The van der Waals surface area contributed by atoms with E-state index in [1.54, 1.807) is 12.1 Å². The van der Waals surface area contributed by atoms with Gasteiger partial charge in [0.15, 0.2) is 5.78 Å². The van der Waals surface area contributed by atoms with Gasteiger partial charge in [0.05, 0.1) is 12.1 Å². The maximum Gasteiger partial charge on any atom is 0.491 e. The molecule has 0 bridgehead atoms. The predicted molar refractivity (Wildman–Crippen MR) is 76.6 cm³/mol. The van der Waals surface area contributed by atoms with Crippen molar-refractivity contribution in [2.45, 2.75) is 25.9 Å². The van der Waals surface area contributed by atoms with Crippen molar-refractivity contribution in [3.63, 3.8) is 0 Å². The molecule has 0 atom stereocenters. The SMILES string of the molecule is C=CC(C)(C)OB(O)c1ccc2c(c1)NCC(=O)C2. The molecule has 0 aromatic heterocycles. The van der Waals surface area contributed by atoms with Crippen LogP contribution in [0.1, 0.15) is 19.4 Å². The molecule has 0 radical (unpaired) electrons. The van der Waals surface area contributed by atoms with Gasteiger partial charge in [0, 0.05) is 12.1 Å². The molecule has 100 valence electrons. The Balaban J connectivity index is 2.18.